The molecule has 0 radical (unpaired) electrons. The van der Waals surface area contributed by atoms with Crippen molar-refractivity contribution in [1.82, 2.24) is 14.9 Å². The predicted octanol–water partition coefficient (Wildman–Crippen LogP) is 4.39. The van der Waals surface area contributed by atoms with Gasteiger partial charge in [-0.15, -0.1) is 0 Å². The predicted molar refractivity (Wildman–Crippen MR) is 105 cm³/mol. The first kappa shape index (κ1) is 17.4. The first-order chi connectivity index (χ1) is 12.2. The average molecular weight is 334 g/mol. The van der Waals surface area contributed by atoms with Crippen LogP contribution in [0.25, 0.3) is 10.9 Å². The van der Waals surface area contributed by atoms with Crippen molar-refractivity contribution in [2.24, 2.45) is 0 Å². The van der Waals surface area contributed by atoms with Gasteiger partial charge in [0.15, 0.2) is 0 Å². The Kier molecular flexibility index (Phi) is 5.61. The molecule has 0 aliphatic heterocycles. The largest absolute Gasteiger partial charge is 0.365 e. The average Bonchev–Trinajstić information content (AvgIpc) is 2.64. The van der Waals surface area contributed by atoms with Gasteiger partial charge in [-0.25, -0.2) is 9.97 Å². The molecule has 0 atom stereocenters. The Morgan fingerprint density at radius 3 is 2.56 bits per heavy atom. The molecule has 3 aromatic rings. The molecule has 0 saturated heterocycles. The molecule has 0 spiro atoms. The number of hydrogen-bond donors (Lipinski definition) is 1. The van der Waals surface area contributed by atoms with Crippen molar-refractivity contribution in [2.75, 3.05) is 18.4 Å². The highest BCUT2D eigenvalue weighted by Crippen LogP contribution is 2.21. The molecular weight excluding hydrogens is 308 g/mol. The van der Waals surface area contributed by atoms with Gasteiger partial charge in [0.05, 0.1) is 5.52 Å². The number of aromatic nitrogens is 2. The highest BCUT2D eigenvalue weighted by atomic mass is 15.1. The summed E-state index contributed by atoms with van der Waals surface area (Å²) >= 11 is 0. The fourth-order valence-corrected chi connectivity index (χ4v) is 3.04. The van der Waals surface area contributed by atoms with Gasteiger partial charge in [-0.1, -0.05) is 49.7 Å². The summed E-state index contributed by atoms with van der Waals surface area (Å²) in [5.41, 5.74) is 4.81. The Morgan fingerprint density at radius 1 is 0.960 bits per heavy atom. The lowest BCUT2D eigenvalue weighted by Crippen LogP contribution is -2.22. The lowest BCUT2D eigenvalue weighted by atomic mass is 10.1. The highest BCUT2D eigenvalue weighted by Gasteiger charge is 2.05. The Bertz CT molecular complexity index is 840. The minimum atomic E-state index is 0.756. The van der Waals surface area contributed by atoms with Crippen LogP contribution in [0.15, 0.2) is 48.8 Å². The third-order valence-corrected chi connectivity index (χ3v) is 4.54. The van der Waals surface area contributed by atoms with Crippen LogP contribution in [0, 0.1) is 6.92 Å². The van der Waals surface area contributed by atoms with E-state index in [2.05, 4.69) is 77.4 Å². The normalized spacial score (nSPS) is 11.2. The van der Waals surface area contributed by atoms with E-state index in [0.717, 1.165) is 42.9 Å². The van der Waals surface area contributed by atoms with Gasteiger partial charge in [0.1, 0.15) is 12.1 Å². The van der Waals surface area contributed by atoms with Crippen LogP contribution in [0.5, 0.6) is 0 Å². The lowest BCUT2D eigenvalue weighted by Gasteiger charge is -2.18. The number of fused-ring (bicyclic) bond motifs is 1. The maximum atomic E-state index is 4.43. The molecule has 3 rings (SSSR count). The van der Waals surface area contributed by atoms with E-state index in [4.69, 9.17) is 0 Å². The van der Waals surface area contributed by atoms with Gasteiger partial charge in [0.2, 0.25) is 0 Å². The van der Waals surface area contributed by atoms with Crippen molar-refractivity contribution in [3.8, 4) is 0 Å². The molecule has 0 aliphatic rings. The Morgan fingerprint density at radius 2 is 1.76 bits per heavy atom. The van der Waals surface area contributed by atoms with Crippen LogP contribution < -0.4 is 5.32 Å². The molecule has 0 bridgehead atoms. The second-order valence-corrected chi connectivity index (χ2v) is 6.38. The molecular formula is C21H26N4. The van der Waals surface area contributed by atoms with E-state index in [1.54, 1.807) is 6.33 Å². The molecule has 4 heteroatoms. The molecule has 25 heavy (non-hydrogen) atoms. The first-order valence-corrected chi connectivity index (χ1v) is 8.95. The van der Waals surface area contributed by atoms with Gasteiger partial charge in [-0.05, 0) is 43.3 Å². The van der Waals surface area contributed by atoms with Crippen molar-refractivity contribution in [1.29, 1.82) is 0 Å². The van der Waals surface area contributed by atoms with Crippen LogP contribution >= 0.6 is 0 Å². The van der Waals surface area contributed by atoms with Crippen LogP contribution in [0.4, 0.5) is 5.82 Å². The maximum absolute atomic E-state index is 4.43. The van der Waals surface area contributed by atoms with E-state index in [-0.39, 0.29) is 0 Å². The van der Waals surface area contributed by atoms with Crippen molar-refractivity contribution >= 4 is 16.7 Å². The van der Waals surface area contributed by atoms with Crippen LogP contribution in [0.1, 0.15) is 30.5 Å². The summed E-state index contributed by atoms with van der Waals surface area (Å²) in [6.07, 6.45) is 1.62. The van der Waals surface area contributed by atoms with Gasteiger partial charge in [-0.3, -0.25) is 4.90 Å². The number of nitrogens with zero attached hydrogens (tertiary/aromatic N) is 3. The zero-order valence-corrected chi connectivity index (χ0v) is 15.3. The minimum Gasteiger partial charge on any atom is -0.365 e. The number of nitrogens with one attached hydrogen (secondary N) is 1. The smallest absolute Gasteiger partial charge is 0.137 e. The first-order valence-electron chi connectivity index (χ1n) is 8.95. The van der Waals surface area contributed by atoms with Crippen LogP contribution in [0.3, 0.4) is 0 Å². The van der Waals surface area contributed by atoms with Gasteiger partial charge < -0.3 is 5.32 Å². The molecule has 1 N–H and O–H groups in total. The van der Waals surface area contributed by atoms with E-state index in [9.17, 15) is 0 Å². The summed E-state index contributed by atoms with van der Waals surface area (Å²) in [4.78, 5) is 11.2. The molecule has 2 aromatic carbocycles. The number of anilines is 1. The molecule has 1 heterocycles. The number of rotatable bonds is 7. The Balaban J connectivity index is 1.75. The SMILES string of the molecule is CCN(CC)Cc1cccc(CNc2ncnc3ccc(C)cc23)c1. The summed E-state index contributed by atoms with van der Waals surface area (Å²) in [5.74, 6) is 0.892. The highest BCUT2D eigenvalue weighted by molar-refractivity contribution is 5.89. The molecule has 0 fully saturated rings. The maximum Gasteiger partial charge on any atom is 0.137 e. The van der Waals surface area contributed by atoms with Crippen LogP contribution in [0.2, 0.25) is 0 Å². The fraction of sp³-hybridized carbons (Fsp3) is 0.333. The van der Waals surface area contributed by atoms with Crippen LogP contribution in [-0.2, 0) is 13.1 Å². The summed E-state index contributed by atoms with van der Waals surface area (Å²) < 4.78 is 0. The lowest BCUT2D eigenvalue weighted by molar-refractivity contribution is 0.296. The topological polar surface area (TPSA) is 41.0 Å². The zero-order valence-electron chi connectivity index (χ0n) is 15.3. The second-order valence-electron chi connectivity index (χ2n) is 6.38. The molecule has 0 unspecified atom stereocenters. The van der Waals surface area contributed by atoms with Crippen molar-refractivity contribution in [3.05, 3.63) is 65.5 Å². The number of aryl methyl sites for hydroxylation is 1. The Labute approximate surface area is 149 Å². The van der Waals surface area contributed by atoms with E-state index in [1.807, 2.05) is 6.07 Å². The summed E-state index contributed by atoms with van der Waals surface area (Å²) in [6.45, 7) is 10.4. The van der Waals surface area contributed by atoms with Crippen molar-refractivity contribution < 1.29 is 0 Å². The monoisotopic (exact) mass is 334 g/mol. The third kappa shape index (κ3) is 4.34. The molecule has 1 aromatic heterocycles. The van der Waals surface area contributed by atoms with Crippen LogP contribution in [-0.4, -0.2) is 28.0 Å². The number of benzene rings is 2. The van der Waals surface area contributed by atoms with E-state index in [1.165, 1.54) is 16.7 Å². The molecule has 130 valence electrons. The summed E-state index contributed by atoms with van der Waals surface area (Å²) in [6, 6.07) is 15.0. The standard InChI is InChI=1S/C21H26N4/c1-4-25(5-2)14-18-8-6-7-17(12-18)13-22-21-19-11-16(3)9-10-20(19)23-15-24-21/h6-12,15H,4-5,13-14H2,1-3H3,(H,22,23,24). The number of hydrogen-bond acceptors (Lipinski definition) is 4. The van der Waals surface area contributed by atoms with Gasteiger partial charge in [0, 0.05) is 18.5 Å². The zero-order chi connectivity index (χ0) is 17.6. The van der Waals surface area contributed by atoms with E-state index in [0.29, 0.717) is 0 Å². The fourth-order valence-electron chi connectivity index (χ4n) is 3.04. The quantitative estimate of drug-likeness (QED) is 0.695. The van der Waals surface area contributed by atoms with Crippen molar-refractivity contribution in [3.63, 3.8) is 0 Å². The van der Waals surface area contributed by atoms with Crippen molar-refractivity contribution in [2.45, 2.75) is 33.9 Å². The second kappa shape index (κ2) is 8.08. The molecule has 4 nitrogen and oxygen atoms in total. The van der Waals surface area contributed by atoms with Gasteiger partial charge in [-0.2, -0.15) is 0 Å². The van der Waals surface area contributed by atoms with Gasteiger partial charge >= 0.3 is 0 Å². The van der Waals surface area contributed by atoms with E-state index < -0.39 is 0 Å². The Hall–Kier alpha value is -2.46. The molecule has 0 saturated carbocycles. The van der Waals surface area contributed by atoms with Gasteiger partial charge in [0.25, 0.3) is 0 Å². The molecule has 0 aliphatic carbocycles. The van der Waals surface area contributed by atoms with E-state index >= 15 is 0 Å². The minimum absolute atomic E-state index is 0.756. The third-order valence-electron chi connectivity index (χ3n) is 4.54. The molecule has 0 amide bonds. The summed E-state index contributed by atoms with van der Waals surface area (Å²) in [7, 11) is 0. The summed E-state index contributed by atoms with van der Waals surface area (Å²) in [5, 5.41) is 4.55.